The standard InChI is InChI=1S/C39H68N7O18P3S/c1-26(2)15-13-11-9-7-5-6-8-10-12-14-16-27(47)21-30(49)68-20-19-41-29(48)17-18-42-37(52)34(51)39(3,4)23-61-67(58,59)64-66(56,57)60-22-28-33(63-65(53,54)55)32(50)38(62-28)46-25-45-31-35(40)43-24-44-36(31)46/h24-26,28,32-34,38,50-51H,5-23H2,1-4H3,(H,41,48)(H,42,52)(H,56,57)(H,58,59)(H2,40,43,44)(H2,53,54,55)/p-4/t28-,32-,33-,34+,38-/m1/s1. The van der Waals surface area contributed by atoms with Crippen LogP contribution >= 0.6 is 35.2 Å². The predicted octanol–water partition coefficient (Wildman–Crippen LogP) is 1.43. The van der Waals surface area contributed by atoms with Crippen molar-refractivity contribution in [1.82, 2.24) is 30.2 Å². The van der Waals surface area contributed by atoms with E-state index in [1.54, 1.807) is 0 Å². The summed E-state index contributed by atoms with van der Waals surface area (Å²) in [6.07, 6.45) is 5.31. The number of carbonyl (C=O) groups is 4. The summed E-state index contributed by atoms with van der Waals surface area (Å²) in [7, 11) is -17.6. The van der Waals surface area contributed by atoms with Crippen LogP contribution in [0.15, 0.2) is 12.7 Å². The third-order valence-corrected chi connectivity index (χ3v) is 14.5. The van der Waals surface area contributed by atoms with Crippen molar-refractivity contribution in [2.24, 2.45) is 11.3 Å². The molecule has 25 nitrogen and oxygen atoms in total. The molecule has 388 valence electrons. The van der Waals surface area contributed by atoms with Crippen LogP contribution in [0.1, 0.15) is 124 Å². The van der Waals surface area contributed by atoms with Gasteiger partial charge >= 0.3 is 0 Å². The Morgan fingerprint density at radius 2 is 1.51 bits per heavy atom. The summed E-state index contributed by atoms with van der Waals surface area (Å²) < 4.78 is 60.8. The van der Waals surface area contributed by atoms with E-state index in [2.05, 4.69) is 57.3 Å². The van der Waals surface area contributed by atoms with Gasteiger partial charge < -0.3 is 69.0 Å². The van der Waals surface area contributed by atoms with Gasteiger partial charge in [0, 0.05) is 37.1 Å². The van der Waals surface area contributed by atoms with Gasteiger partial charge in [0.2, 0.25) is 11.8 Å². The molecule has 3 rings (SSSR count). The second kappa shape index (κ2) is 28.3. The molecule has 0 bridgehead atoms. The van der Waals surface area contributed by atoms with Crippen molar-refractivity contribution >= 4 is 74.9 Å². The molecule has 2 aromatic heterocycles. The number of aromatic nitrogens is 4. The number of ketones is 1. The van der Waals surface area contributed by atoms with E-state index in [9.17, 15) is 62.7 Å². The van der Waals surface area contributed by atoms with Crippen molar-refractivity contribution < 1.29 is 85.3 Å². The van der Waals surface area contributed by atoms with E-state index in [0.717, 1.165) is 60.6 Å². The van der Waals surface area contributed by atoms with Crippen molar-refractivity contribution in [2.75, 3.05) is 37.8 Å². The van der Waals surface area contributed by atoms with Crippen LogP contribution in [0, 0.1) is 11.3 Å². The number of nitrogens with zero attached hydrogens (tertiary/aromatic N) is 4. The summed E-state index contributed by atoms with van der Waals surface area (Å²) in [5.41, 5.74) is 4.05. The molecular weight excluding hydrogens is 979 g/mol. The largest absolute Gasteiger partial charge is 0.790 e. The number of ether oxygens (including phenoxy) is 1. The molecule has 29 heteroatoms. The van der Waals surface area contributed by atoms with Crippen LogP contribution in [0.2, 0.25) is 0 Å². The van der Waals surface area contributed by atoms with Gasteiger partial charge in [-0.2, -0.15) is 0 Å². The molecule has 1 fully saturated rings. The number of rotatable bonds is 34. The van der Waals surface area contributed by atoms with Gasteiger partial charge in [-0.05, 0) is 12.3 Å². The zero-order valence-corrected chi connectivity index (χ0v) is 42.1. The molecule has 7 atom stereocenters. The number of hydrogen-bond donors (Lipinski definition) is 5. The summed E-state index contributed by atoms with van der Waals surface area (Å²) >= 11 is 0.927. The fourth-order valence-corrected chi connectivity index (χ4v) is 10.3. The number of nitrogens with one attached hydrogen (secondary N) is 2. The fourth-order valence-electron chi connectivity index (χ4n) is 6.86. The van der Waals surface area contributed by atoms with Crippen LogP contribution < -0.4 is 35.9 Å². The molecule has 2 unspecified atom stereocenters. The first-order valence-corrected chi connectivity index (χ1v) is 27.7. The Bertz CT molecular complexity index is 2090. The maximum Gasteiger partial charge on any atom is 0.274 e. The number of carbonyl (C=O) groups excluding carboxylic acids is 4. The molecule has 0 radical (unpaired) electrons. The van der Waals surface area contributed by atoms with Crippen LogP contribution in [0.3, 0.4) is 0 Å². The molecule has 3 heterocycles. The lowest BCUT2D eigenvalue weighted by Crippen LogP contribution is -2.46. The van der Waals surface area contributed by atoms with E-state index in [-0.39, 0.29) is 59.6 Å². The molecule has 1 aliphatic rings. The number of aliphatic hydroxyl groups excluding tert-OH is 2. The third kappa shape index (κ3) is 21.7. The summed E-state index contributed by atoms with van der Waals surface area (Å²) in [5.74, 6) is -0.743. The summed E-state index contributed by atoms with van der Waals surface area (Å²) in [6, 6.07) is 0. The lowest BCUT2D eigenvalue weighted by atomic mass is 9.87. The molecule has 2 amide bonds. The number of hydrogen-bond acceptors (Lipinski definition) is 23. The van der Waals surface area contributed by atoms with Crippen LogP contribution in [-0.4, -0.2) is 109 Å². The van der Waals surface area contributed by atoms with E-state index in [4.69, 9.17) is 10.5 Å². The number of aliphatic hydroxyl groups is 2. The van der Waals surface area contributed by atoms with Crippen LogP contribution in [0.5, 0.6) is 0 Å². The Morgan fingerprint density at radius 1 is 0.897 bits per heavy atom. The molecular formula is C39H64N7O18P3S-4. The van der Waals surface area contributed by atoms with Crippen molar-refractivity contribution in [1.29, 1.82) is 0 Å². The summed E-state index contributed by atoms with van der Waals surface area (Å²) in [6.45, 7) is 4.45. The number of amides is 2. The van der Waals surface area contributed by atoms with Gasteiger partial charge in [0.25, 0.3) is 15.6 Å². The van der Waals surface area contributed by atoms with Crippen LogP contribution in [0.25, 0.3) is 11.2 Å². The van der Waals surface area contributed by atoms with Gasteiger partial charge in [-0.1, -0.05) is 104 Å². The zero-order chi connectivity index (χ0) is 50.7. The number of nitrogen functional groups attached to an aromatic ring is 1. The molecule has 1 aliphatic heterocycles. The SMILES string of the molecule is CC(C)CCCCCCCCCCCCC(=O)CC(=O)SCCNC(=O)CCNC(=O)[C@H](O)C(C)(C)COP(=O)([O-])OP(=O)([O-])OC[C@H]1O[C@@H](n2cnc3c(N)ncnc32)[C@H](O)[C@@H]1OP(=O)([O-])[O-]. The Hall–Kier alpha value is -2.77. The van der Waals surface area contributed by atoms with Gasteiger partial charge in [-0.3, -0.25) is 32.9 Å². The average molecular weight is 1040 g/mol. The number of fused-ring (bicyclic) bond motifs is 1. The predicted molar refractivity (Wildman–Crippen MR) is 238 cm³/mol. The second-order valence-corrected chi connectivity index (χ2v) is 22.6. The quantitative estimate of drug-likeness (QED) is 0.0376. The minimum atomic E-state index is -5.93. The smallest absolute Gasteiger partial charge is 0.274 e. The van der Waals surface area contributed by atoms with E-state index < -0.39 is 84.6 Å². The highest BCUT2D eigenvalue weighted by Crippen LogP contribution is 2.56. The number of unbranched alkanes of at least 4 members (excludes halogenated alkanes) is 9. The normalized spacial score (nSPS) is 20.0. The van der Waals surface area contributed by atoms with Crippen LogP contribution in [0.4, 0.5) is 5.82 Å². The van der Waals surface area contributed by atoms with Gasteiger partial charge in [0.05, 0.1) is 33.8 Å². The third-order valence-electron chi connectivity index (χ3n) is 10.6. The van der Waals surface area contributed by atoms with E-state index in [1.165, 1.54) is 58.8 Å². The first-order chi connectivity index (χ1) is 31.8. The number of phosphoric acid groups is 3. The molecule has 68 heavy (non-hydrogen) atoms. The summed E-state index contributed by atoms with van der Waals surface area (Å²) in [5, 5.41) is 26.0. The monoisotopic (exact) mass is 1040 g/mol. The Morgan fingerprint density at radius 3 is 2.15 bits per heavy atom. The maximum atomic E-state index is 12.6. The highest BCUT2D eigenvalue weighted by atomic mass is 32.2. The molecule has 1 saturated heterocycles. The Balaban J connectivity index is 1.31. The van der Waals surface area contributed by atoms with Gasteiger partial charge in [-0.25, -0.2) is 19.3 Å². The number of Topliss-reactive ketones (excluding diaryl/α,β-unsaturated/α-hetero) is 1. The first kappa shape index (κ1) is 59.5. The minimum Gasteiger partial charge on any atom is -0.790 e. The topological polar surface area (TPSA) is 392 Å². The molecule has 0 aliphatic carbocycles. The Labute approximate surface area is 399 Å². The van der Waals surface area contributed by atoms with E-state index >= 15 is 0 Å². The molecule has 6 N–H and O–H groups in total. The number of anilines is 1. The number of thioether (sulfide) groups is 1. The highest BCUT2D eigenvalue weighted by molar-refractivity contribution is 8.13. The highest BCUT2D eigenvalue weighted by Gasteiger charge is 2.47. The molecule has 0 aromatic carbocycles. The molecule has 2 aromatic rings. The van der Waals surface area contributed by atoms with Crippen molar-refractivity contribution in [3.8, 4) is 0 Å². The van der Waals surface area contributed by atoms with Crippen molar-refractivity contribution in [3.63, 3.8) is 0 Å². The maximum absolute atomic E-state index is 12.6. The number of imidazole rings is 1. The number of nitrogens with two attached hydrogens (primary N) is 1. The molecule has 0 spiro atoms. The lowest BCUT2D eigenvalue weighted by Gasteiger charge is -2.36. The lowest BCUT2D eigenvalue weighted by molar-refractivity contribution is -0.347. The van der Waals surface area contributed by atoms with Crippen LogP contribution in [-0.2, 0) is 55.5 Å². The Kier molecular flexibility index (Phi) is 24.8. The zero-order valence-electron chi connectivity index (χ0n) is 38.6. The van der Waals surface area contributed by atoms with E-state index in [1.807, 2.05) is 0 Å². The average Bonchev–Trinajstić information content (AvgIpc) is 3.80. The molecule has 0 saturated carbocycles. The first-order valence-electron chi connectivity index (χ1n) is 22.3. The van der Waals surface area contributed by atoms with Gasteiger partial charge in [-0.15, -0.1) is 0 Å². The minimum absolute atomic E-state index is 0.0256. The van der Waals surface area contributed by atoms with E-state index in [0.29, 0.717) is 6.42 Å². The van der Waals surface area contributed by atoms with Crippen molar-refractivity contribution in [3.05, 3.63) is 12.7 Å². The van der Waals surface area contributed by atoms with Gasteiger partial charge in [0.15, 0.2) is 22.8 Å². The van der Waals surface area contributed by atoms with Crippen molar-refractivity contribution in [2.45, 2.75) is 148 Å². The fraction of sp³-hybridized carbons (Fsp3) is 0.769. The summed E-state index contributed by atoms with van der Waals surface area (Å²) in [4.78, 5) is 109. The second-order valence-electron chi connectivity index (χ2n) is 17.4. The number of phosphoric ester groups is 3. The van der Waals surface area contributed by atoms with Gasteiger partial charge in [0.1, 0.15) is 42.0 Å².